The third-order valence-corrected chi connectivity index (χ3v) is 3.75. The molecule has 0 amide bonds. The van der Waals surface area contributed by atoms with Gasteiger partial charge in [0.05, 0.1) is 0 Å². The molecule has 0 radical (unpaired) electrons. The van der Waals surface area contributed by atoms with E-state index in [0.717, 1.165) is 38.6 Å². The standard InChI is InChI=1S/C14H20BrNO/c15-14-3-1-2-12(10-14)4-7-16-11-13-5-8-17-9-6-13/h1-3,10,13,16H,4-9,11H2. The maximum atomic E-state index is 5.36. The zero-order valence-electron chi connectivity index (χ0n) is 10.1. The van der Waals surface area contributed by atoms with Crippen molar-refractivity contribution in [2.45, 2.75) is 19.3 Å². The molecular weight excluding hydrogens is 278 g/mol. The van der Waals surface area contributed by atoms with Crippen LogP contribution in [0.5, 0.6) is 0 Å². The van der Waals surface area contributed by atoms with Gasteiger partial charge in [0.2, 0.25) is 0 Å². The van der Waals surface area contributed by atoms with E-state index in [4.69, 9.17) is 4.74 Å². The minimum absolute atomic E-state index is 0.811. The fourth-order valence-corrected chi connectivity index (χ4v) is 2.63. The highest BCUT2D eigenvalue weighted by Gasteiger charge is 2.12. The molecule has 1 aromatic rings. The zero-order valence-corrected chi connectivity index (χ0v) is 11.7. The molecule has 2 nitrogen and oxygen atoms in total. The molecule has 0 spiro atoms. The van der Waals surface area contributed by atoms with Crippen LogP contribution >= 0.6 is 15.9 Å². The van der Waals surface area contributed by atoms with Crippen LogP contribution in [0, 0.1) is 5.92 Å². The molecule has 0 bridgehead atoms. The van der Waals surface area contributed by atoms with Gasteiger partial charge >= 0.3 is 0 Å². The molecule has 1 aliphatic rings. The number of hydrogen-bond acceptors (Lipinski definition) is 2. The van der Waals surface area contributed by atoms with Crippen LogP contribution in [0.15, 0.2) is 28.7 Å². The summed E-state index contributed by atoms with van der Waals surface area (Å²) in [5, 5.41) is 3.55. The van der Waals surface area contributed by atoms with Gasteiger partial charge in [0.25, 0.3) is 0 Å². The van der Waals surface area contributed by atoms with Gasteiger partial charge in [0.1, 0.15) is 0 Å². The normalized spacial score (nSPS) is 17.2. The Hall–Kier alpha value is -0.380. The van der Waals surface area contributed by atoms with Crippen molar-refractivity contribution >= 4 is 15.9 Å². The van der Waals surface area contributed by atoms with Gasteiger partial charge in [-0.05, 0) is 56.0 Å². The van der Waals surface area contributed by atoms with Crippen LogP contribution in [-0.2, 0) is 11.2 Å². The first-order valence-electron chi connectivity index (χ1n) is 6.37. The largest absolute Gasteiger partial charge is 0.381 e. The minimum Gasteiger partial charge on any atom is -0.381 e. The van der Waals surface area contributed by atoms with Gasteiger partial charge in [-0.3, -0.25) is 0 Å². The van der Waals surface area contributed by atoms with Crippen LogP contribution in [0.4, 0.5) is 0 Å². The van der Waals surface area contributed by atoms with Gasteiger partial charge in [0.15, 0.2) is 0 Å². The monoisotopic (exact) mass is 297 g/mol. The van der Waals surface area contributed by atoms with E-state index in [-0.39, 0.29) is 0 Å². The van der Waals surface area contributed by atoms with Crippen molar-refractivity contribution in [1.29, 1.82) is 0 Å². The fraction of sp³-hybridized carbons (Fsp3) is 0.571. The molecule has 0 aromatic heterocycles. The van der Waals surface area contributed by atoms with E-state index in [1.54, 1.807) is 0 Å². The lowest BCUT2D eigenvalue weighted by molar-refractivity contribution is 0.0664. The lowest BCUT2D eigenvalue weighted by Crippen LogP contribution is -2.29. The fourth-order valence-electron chi connectivity index (χ4n) is 2.18. The summed E-state index contributed by atoms with van der Waals surface area (Å²) >= 11 is 3.50. The number of rotatable bonds is 5. The van der Waals surface area contributed by atoms with Crippen molar-refractivity contribution < 1.29 is 4.74 Å². The van der Waals surface area contributed by atoms with Crippen molar-refractivity contribution in [3.8, 4) is 0 Å². The van der Waals surface area contributed by atoms with Crippen molar-refractivity contribution in [3.05, 3.63) is 34.3 Å². The highest BCUT2D eigenvalue weighted by atomic mass is 79.9. The van der Waals surface area contributed by atoms with E-state index in [2.05, 4.69) is 45.5 Å². The number of ether oxygens (including phenoxy) is 1. The summed E-state index contributed by atoms with van der Waals surface area (Å²) < 4.78 is 6.52. The topological polar surface area (TPSA) is 21.3 Å². The Labute approximate surface area is 112 Å². The SMILES string of the molecule is Brc1cccc(CCNCC2CCOCC2)c1. The molecule has 1 N–H and O–H groups in total. The van der Waals surface area contributed by atoms with Gasteiger partial charge in [-0.25, -0.2) is 0 Å². The summed E-state index contributed by atoms with van der Waals surface area (Å²) in [7, 11) is 0. The zero-order chi connectivity index (χ0) is 11.9. The number of halogens is 1. The molecule has 1 heterocycles. The first kappa shape index (κ1) is 13.1. The second kappa shape index (κ2) is 7.14. The number of nitrogens with one attached hydrogen (secondary N) is 1. The van der Waals surface area contributed by atoms with Gasteiger partial charge in [-0.2, -0.15) is 0 Å². The predicted molar refractivity (Wildman–Crippen MR) is 74.3 cm³/mol. The smallest absolute Gasteiger partial charge is 0.0469 e. The van der Waals surface area contributed by atoms with E-state index < -0.39 is 0 Å². The van der Waals surface area contributed by atoms with Crippen LogP contribution in [0.1, 0.15) is 18.4 Å². The van der Waals surface area contributed by atoms with Gasteiger partial charge in [0, 0.05) is 17.7 Å². The van der Waals surface area contributed by atoms with Crippen LogP contribution in [0.25, 0.3) is 0 Å². The summed E-state index contributed by atoms with van der Waals surface area (Å²) in [5.74, 6) is 0.811. The quantitative estimate of drug-likeness (QED) is 0.844. The molecule has 0 atom stereocenters. The van der Waals surface area contributed by atoms with Gasteiger partial charge < -0.3 is 10.1 Å². The van der Waals surface area contributed by atoms with Gasteiger partial charge in [-0.15, -0.1) is 0 Å². The first-order valence-corrected chi connectivity index (χ1v) is 7.17. The average molecular weight is 298 g/mol. The summed E-state index contributed by atoms with van der Waals surface area (Å²) in [6, 6.07) is 8.54. The lowest BCUT2D eigenvalue weighted by Gasteiger charge is -2.22. The number of hydrogen-bond donors (Lipinski definition) is 1. The van der Waals surface area contributed by atoms with E-state index in [0.29, 0.717) is 0 Å². The molecule has 2 rings (SSSR count). The first-order chi connectivity index (χ1) is 8.34. The minimum atomic E-state index is 0.811. The highest BCUT2D eigenvalue weighted by molar-refractivity contribution is 9.10. The van der Waals surface area contributed by atoms with E-state index in [1.807, 2.05) is 0 Å². The Balaban J connectivity index is 1.62. The molecule has 1 aliphatic heterocycles. The lowest BCUT2D eigenvalue weighted by atomic mass is 10.0. The maximum absolute atomic E-state index is 5.36. The Kier molecular flexibility index (Phi) is 5.49. The molecule has 0 aliphatic carbocycles. The van der Waals surface area contributed by atoms with Crippen LogP contribution < -0.4 is 5.32 Å². The summed E-state index contributed by atoms with van der Waals surface area (Å²) in [5.41, 5.74) is 1.39. The third-order valence-electron chi connectivity index (χ3n) is 3.25. The van der Waals surface area contributed by atoms with Crippen molar-refractivity contribution in [1.82, 2.24) is 5.32 Å². The molecule has 1 aromatic carbocycles. The molecule has 0 saturated carbocycles. The third kappa shape index (κ3) is 4.78. The molecule has 1 fully saturated rings. The second-order valence-electron chi connectivity index (χ2n) is 4.64. The molecule has 3 heteroatoms. The van der Waals surface area contributed by atoms with E-state index >= 15 is 0 Å². The molecule has 94 valence electrons. The average Bonchev–Trinajstić information content (AvgIpc) is 2.36. The predicted octanol–water partition coefficient (Wildman–Crippen LogP) is 3.01. The molecular formula is C14H20BrNO. The van der Waals surface area contributed by atoms with Crippen LogP contribution in [0.3, 0.4) is 0 Å². The summed E-state index contributed by atoms with van der Waals surface area (Å²) in [4.78, 5) is 0. The summed E-state index contributed by atoms with van der Waals surface area (Å²) in [6.07, 6.45) is 3.52. The Morgan fingerprint density at radius 2 is 2.12 bits per heavy atom. The Morgan fingerprint density at radius 1 is 1.29 bits per heavy atom. The summed E-state index contributed by atoms with van der Waals surface area (Å²) in [6.45, 7) is 4.08. The van der Waals surface area contributed by atoms with Gasteiger partial charge in [-0.1, -0.05) is 28.1 Å². The van der Waals surface area contributed by atoms with E-state index in [9.17, 15) is 0 Å². The van der Waals surface area contributed by atoms with E-state index in [1.165, 1.54) is 22.9 Å². The number of benzene rings is 1. The highest BCUT2D eigenvalue weighted by Crippen LogP contribution is 2.14. The van der Waals surface area contributed by atoms with Crippen LogP contribution in [-0.4, -0.2) is 26.3 Å². The van der Waals surface area contributed by atoms with Crippen molar-refractivity contribution in [2.75, 3.05) is 26.3 Å². The Morgan fingerprint density at radius 3 is 2.88 bits per heavy atom. The second-order valence-corrected chi connectivity index (χ2v) is 5.56. The molecule has 17 heavy (non-hydrogen) atoms. The Bertz CT molecular complexity index is 337. The maximum Gasteiger partial charge on any atom is 0.0469 e. The van der Waals surface area contributed by atoms with Crippen molar-refractivity contribution in [2.24, 2.45) is 5.92 Å². The van der Waals surface area contributed by atoms with Crippen LogP contribution in [0.2, 0.25) is 0 Å². The molecule has 1 saturated heterocycles. The van der Waals surface area contributed by atoms with Crippen molar-refractivity contribution in [3.63, 3.8) is 0 Å². The molecule has 0 unspecified atom stereocenters.